The predicted octanol–water partition coefficient (Wildman–Crippen LogP) is 3.90. The van der Waals surface area contributed by atoms with E-state index in [1.807, 2.05) is 0 Å². The Labute approximate surface area is 196 Å². The lowest BCUT2D eigenvalue weighted by molar-refractivity contribution is -0.136. The van der Waals surface area contributed by atoms with Gasteiger partial charge in [0.05, 0.1) is 24.6 Å². The molecule has 0 aliphatic rings. The van der Waals surface area contributed by atoms with Crippen molar-refractivity contribution in [1.29, 1.82) is 0 Å². The Kier molecular flexibility index (Phi) is 7.87. The number of ether oxygens (including phenoxy) is 2. The lowest BCUT2D eigenvalue weighted by Gasteiger charge is -2.06. The molecule has 0 unspecified atom stereocenters. The second-order valence-corrected chi connectivity index (χ2v) is 7.38. The Morgan fingerprint density at radius 3 is 2.42 bits per heavy atom. The molecule has 0 saturated carbocycles. The fourth-order valence-electron chi connectivity index (χ4n) is 2.52. The van der Waals surface area contributed by atoms with E-state index < -0.39 is 23.6 Å². The summed E-state index contributed by atoms with van der Waals surface area (Å²) in [6.07, 6.45) is 1.29. The maximum Gasteiger partial charge on any atom is 0.343 e. The summed E-state index contributed by atoms with van der Waals surface area (Å²) < 4.78 is 24.6. The molecule has 0 heterocycles. The van der Waals surface area contributed by atoms with Crippen LogP contribution in [-0.2, 0) is 9.59 Å². The molecule has 33 heavy (non-hydrogen) atoms. The molecule has 0 aliphatic carbocycles. The molecule has 0 radical (unpaired) electrons. The summed E-state index contributed by atoms with van der Waals surface area (Å²) in [5, 5.41) is 5.84. The third kappa shape index (κ3) is 6.71. The van der Waals surface area contributed by atoms with Gasteiger partial charge >= 0.3 is 17.8 Å². The average Bonchev–Trinajstić information content (AvgIpc) is 2.81. The zero-order valence-electron chi connectivity index (χ0n) is 17.2. The maximum atomic E-state index is 13.7. The van der Waals surface area contributed by atoms with Crippen molar-refractivity contribution in [3.05, 3.63) is 88.1 Å². The number of benzene rings is 3. The lowest BCUT2D eigenvalue weighted by Crippen LogP contribution is -2.32. The summed E-state index contributed by atoms with van der Waals surface area (Å²) in [6, 6.07) is 16.8. The van der Waals surface area contributed by atoms with Gasteiger partial charge in [-0.25, -0.2) is 14.6 Å². The normalized spacial score (nSPS) is 10.5. The zero-order valence-corrected chi connectivity index (χ0v) is 18.8. The van der Waals surface area contributed by atoms with Crippen LogP contribution in [0.4, 0.5) is 10.1 Å². The van der Waals surface area contributed by atoms with Gasteiger partial charge < -0.3 is 14.8 Å². The monoisotopic (exact) mass is 513 g/mol. The molecule has 0 atom stereocenters. The molecular weight excluding hydrogens is 497 g/mol. The highest BCUT2D eigenvalue weighted by molar-refractivity contribution is 9.10. The second kappa shape index (κ2) is 11.0. The number of carbonyl (C=O) groups excluding carboxylic acids is 3. The number of nitrogens with one attached hydrogen (secondary N) is 2. The first-order valence-electron chi connectivity index (χ1n) is 9.41. The van der Waals surface area contributed by atoms with Crippen molar-refractivity contribution in [1.82, 2.24) is 5.43 Å². The number of rotatable bonds is 6. The molecule has 3 aromatic rings. The summed E-state index contributed by atoms with van der Waals surface area (Å²) in [5.41, 5.74) is 2.82. The third-order valence-corrected chi connectivity index (χ3v) is 4.65. The van der Waals surface area contributed by atoms with E-state index >= 15 is 0 Å². The minimum Gasteiger partial charge on any atom is -0.497 e. The quantitative estimate of drug-likeness (QED) is 0.171. The molecule has 168 valence electrons. The maximum absolute atomic E-state index is 13.7. The molecule has 10 heteroatoms. The molecule has 0 aromatic heterocycles. The van der Waals surface area contributed by atoms with Crippen LogP contribution >= 0.6 is 15.9 Å². The second-order valence-electron chi connectivity index (χ2n) is 6.47. The van der Waals surface area contributed by atoms with E-state index in [2.05, 4.69) is 31.8 Å². The fourth-order valence-corrected chi connectivity index (χ4v) is 2.86. The molecule has 0 fully saturated rings. The van der Waals surface area contributed by atoms with Crippen LogP contribution in [0.15, 0.2) is 76.3 Å². The first-order valence-corrected chi connectivity index (χ1v) is 10.2. The van der Waals surface area contributed by atoms with Crippen molar-refractivity contribution in [3.63, 3.8) is 0 Å². The Balaban J connectivity index is 1.52. The van der Waals surface area contributed by atoms with Gasteiger partial charge in [-0.1, -0.05) is 22.0 Å². The number of anilines is 1. The number of methoxy groups -OCH3 is 1. The molecule has 0 aliphatic heterocycles. The highest BCUT2D eigenvalue weighted by Gasteiger charge is 2.15. The number of hydrogen-bond acceptors (Lipinski definition) is 6. The summed E-state index contributed by atoms with van der Waals surface area (Å²) >= 11 is 3.10. The van der Waals surface area contributed by atoms with Crippen molar-refractivity contribution in [2.75, 3.05) is 12.4 Å². The van der Waals surface area contributed by atoms with E-state index in [1.165, 1.54) is 25.5 Å². The van der Waals surface area contributed by atoms with Gasteiger partial charge in [-0.3, -0.25) is 9.59 Å². The van der Waals surface area contributed by atoms with Gasteiger partial charge in [0.25, 0.3) is 0 Å². The Morgan fingerprint density at radius 2 is 1.73 bits per heavy atom. The SMILES string of the molecule is COc1cccc(C(=O)Oc2ccc(/C=N/NC(=O)C(=O)Nc3ccc(Br)cc3F)cc2)c1. The summed E-state index contributed by atoms with van der Waals surface area (Å²) in [6.45, 7) is 0. The number of hydrazone groups is 1. The Hall–Kier alpha value is -4.05. The van der Waals surface area contributed by atoms with E-state index in [-0.39, 0.29) is 5.69 Å². The first-order chi connectivity index (χ1) is 15.9. The lowest BCUT2D eigenvalue weighted by atomic mass is 10.2. The molecule has 0 saturated heterocycles. The van der Waals surface area contributed by atoms with Crippen molar-refractivity contribution in [2.45, 2.75) is 0 Å². The topological polar surface area (TPSA) is 106 Å². The van der Waals surface area contributed by atoms with Gasteiger partial charge in [-0.2, -0.15) is 5.10 Å². The molecule has 0 bridgehead atoms. The summed E-state index contributed by atoms with van der Waals surface area (Å²) in [4.78, 5) is 35.9. The number of esters is 1. The minimum absolute atomic E-state index is 0.138. The predicted molar refractivity (Wildman–Crippen MR) is 123 cm³/mol. The van der Waals surface area contributed by atoms with Crippen molar-refractivity contribution >= 4 is 45.6 Å². The van der Waals surface area contributed by atoms with Crippen LogP contribution < -0.4 is 20.2 Å². The van der Waals surface area contributed by atoms with Crippen LogP contribution in [0.25, 0.3) is 0 Å². The van der Waals surface area contributed by atoms with Crippen molar-refractivity contribution in [3.8, 4) is 11.5 Å². The van der Waals surface area contributed by atoms with Crippen molar-refractivity contribution in [2.24, 2.45) is 5.10 Å². The molecule has 2 N–H and O–H groups in total. The highest BCUT2D eigenvalue weighted by Crippen LogP contribution is 2.19. The molecule has 3 rings (SSSR count). The number of hydrogen-bond donors (Lipinski definition) is 2. The molecule has 2 amide bonds. The van der Waals surface area contributed by atoms with Crippen LogP contribution in [0.2, 0.25) is 0 Å². The van der Waals surface area contributed by atoms with Crippen LogP contribution in [0.3, 0.4) is 0 Å². The van der Waals surface area contributed by atoms with Crippen LogP contribution in [-0.4, -0.2) is 31.1 Å². The minimum atomic E-state index is -1.08. The standard InChI is InChI=1S/C23H17BrFN3O5/c1-32-18-4-2-3-15(11-18)23(31)33-17-8-5-14(6-9-17)13-26-28-22(30)21(29)27-20-10-7-16(24)12-19(20)25/h2-13H,1H3,(H,27,29)(H,28,30)/b26-13+. The van der Waals surface area contributed by atoms with Crippen LogP contribution in [0.1, 0.15) is 15.9 Å². The number of amides is 2. The Bertz CT molecular complexity index is 1210. The van der Waals surface area contributed by atoms with Gasteiger partial charge in [0, 0.05) is 4.47 Å². The largest absolute Gasteiger partial charge is 0.497 e. The van der Waals surface area contributed by atoms with Crippen LogP contribution in [0.5, 0.6) is 11.5 Å². The molecule has 0 spiro atoms. The summed E-state index contributed by atoms with van der Waals surface area (Å²) in [5.74, 6) is -2.55. The van der Waals surface area contributed by atoms with Gasteiger partial charge in [0.1, 0.15) is 17.3 Å². The molecule has 3 aromatic carbocycles. The van der Waals surface area contributed by atoms with E-state index in [0.29, 0.717) is 27.1 Å². The first kappa shape index (κ1) is 23.6. The van der Waals surface area contributed by atoms with Gasteiger partial charge in [0.15, 0.2) is 0 Å². The smallest absolute Gasteiger partial charge is 0.343 e. The Morgan fingerprint density at radius 1 is 0.970 bits per heavy atom. The highest BCUT2D eigenvalue weighted by atomic mass is 79.9. The number of nitrogens with zero attached hydrogens (tertiary/aromatic N) is 1. The van der Waals surface area contributed by atoms with E-state index in [1.54, 1.807) is 48.5 Å². The number of halogens is 2. The summed E-state index contributed by atoms with van der Waals surface area (Å²) in [7, 11) is 1.50. The van der Waals surface area contributed by atoms with Gasteiger partial charge in [0.2, 0.25) is 0 Å². The van der Waals surface area contributed by atoms with Crippen LogP contribution in [0, 0.1) is 5.82 Å². The van der Waals surface area contributed by atoms with Gasteiger partial charge in [-0.05, 0) is 66.2 Å². The average molecular weight is 514 g/mol. The van der Waals surface area contributed by atoms with Gasteiger partial charge in [-0.15, -0.1) is 0 Å². The van der Waals surface area contributed by atoms with Crippen molar-refractivity contribution < 1.29 is 28.2 Å². The van der Waals surface area contributed by atoms with E-state index in [4.69, 9.17) is 9.47 Å². The molecular formula is C23H17BrFN3O5. The van der Waals surface area contributed by atoms with E-state index in [0.717, 1.165) is 6.07 Å². The van der Waals surface area contributed by atoms with E-state index in [9.17, 15) is 18.8 Å². The third-order valence-electron chi connectivity index (χ3n) is 4.16. The molecule has 8 nitrogen and oxygen atoms in total. The number of carbonyl (C=O) groups is 3. The fraction of sp³-hybridized carbons (Fsp3) is 0.0435. The zero-order chi connectivity index (χ0) is 23.8.